The van der Waals surface area contributed by atoms with Gasteiger partial charge in [0.2, 0.25) is 0 Å². The molecular weight excluding hydrogens is 827 g/mol. The molecule has 5 heterocycles. The smallest absolute Gasteiger partial charge is 0.354 e. The predicted octanol–water partition coefficient (Wildman–Crippen LogP) is 10.2. The van der Waals surface area contributed by atoms with Crippen molar-refractivity contribution in [1.29, 1.82) is 0 Å². The molecule has 0 radical (unpaired) electrons. The molecule has 0 bridgehead atoms. The first-order valence-electron chi connectivity index (χ1n) is 20.7. The molecule has 14 heteroatoms. The summed E-state index contributed by atoms with van der Waals surface area (Å²) < 4.78 is 23.3. The van der Waals surface area contributed by atoms with Crippen molar-refractivity contribution in [2.24, 2.45) is 7.05 Å². The molecule has 1 aliphatic heterocycles. The first kappa shape index (κ1) is 42.9. The van der Waals surface area contributed by atoms with Gasteiger partial charge in [-0.2, -0.15) is 5.10 Å². The van der Waals surface area contributed by atoms with Crippen LogP contribution in [0.2, 0.25) is 10.0 Å². The average molecular weight is 878 g/mol. The summed E-state index contributed by atoms with van der Waals surface area (Å²) in [5.74, 6) is -0.233. The summed E-state index contributed by atoms with van der Waals surface area (Å²) in [7, 11) is 3.51. The Morgan fingerprint density at radius 2 is 1.65 bits per heavy atom. The number of halogens is 2. The van der Waals surface area contributed by atoms with Gasteiger partial charge in [-0.3, -0.25) is 14.5 Å². The molecule has 0 saturated heterocycles. The van der Waals surface area contributed by atoms with Crippen molar-refractivity contribution in [3.05, 3.63) is 122 Å². The van der Waals surface area contributed by atoms with E-state index in [9.17, 15) is 9.90 Å². The van der Waals surface area contributed by atoms with Crippen molar-refractivity contribution in [3.63, 3.8) is 0 Å². The monoisotopic (exact) mass is 876 g/mol. The summed E-state index contributed by atoms with van der Waals surface area (Å²) in [6.07, 6.45) is 1.08. The minimum atomic E-state index is -1.17. The number of carboxylic acid groups (broad SMARTS) is 1. The van der Waals surface area contributed by atoms with Gasteiger partial charge in [-0.1, -0.05) is 35.3 Å². The first-order chi connectivity index (χ1) is 29.7. The quantitative estimate of drug-likeness (QED) is 0.107. The fourth-order valence-electron chi connectivity index (χ4n) is 9.07. The van der Waals surface area contributed by atoms with Gasteiger partial charge in [-0.25, -0.2) is 4.79 Å². The van der Waals surface area contributed by atoms with E-state index >= 15 is 4.79 Å². The summed E-state index contributed by atoms with van der Waals surface area (Å²) in [5, 5.41) is 18.6. The number of carboxylic acids is 1. The van der Waals surface area contributed by atoms with Crippen LogP contribution in [0.3, 0.4) is 0 Å². The van der Waals surface area contributed by atoms with Crippen LogP contribution in [0.15, 0.2) is 60.7 Å². The average Bonchev–Trinajstić information content (AvgIpc) is 3.82. The molecular formula is C48H50Cl2N6O6. The van der Waals surface area contributed by atoms with Gasteiger partial charge in [-0.15, -0.1) is 0 Å². The van der Waals surface area contributed by atoms with Crippen LogP contribution in [-0.4, -0.2) is 74.4 Å². The number of methoxy groups -OCH3 is 1. The van der Waals surface area contributed by atoms with E-state index in [-0.39, 0.29) is 30.7 Å². The fourth-order valence-corrected chi connectivity index (χ4v) is 9.43. The first-order valence-corrected chi connectivity index (χ1v) is 21.5. The SMILES string of the molecule is COCCOc1ccc2c(c1)c(N1C[C@@H](C)n3c(c(CCCOc4cc(C)c(Cl)c(C)c4)c4ccc(Cl)c(-c5c(C)nn(C)c5C)c43)C1=O)c(C(=O)O)n2Cc1cccc(C)n1. The van der Waals surface area contributed by atoms with Crippen molar-refractivity contribution in [1.82, 2.24) is 23.9 Å². The molecule has 1 atom stereocenters. The van der Waals surface area contributed by atoms with E-state index in [2.05, 4.69) is 11.5 Å². The third-order valence-electron chi connectivity index (χ3n) is 11.9. The standard InChI is InChI=1S/C48H50Cl2N6O6/c1-26-21-34(22-27(2)42(26)50)61-18-10-13-35-36-15-16-38(49)41(40-30(5)52-53(7)31(40)6)43(36)56-29(4)24-55(47(57)45(35)56)44-37-23-33(62-20-19-60-8)14-17-39(37)54(46(44)48(58)59)25-32-12-9-11-28(3)51-32/h9,11-12,14-17,21-23,29H,10,13,18-20,24-25H2,1-8H3,(H,58,59)/t29-/m1/s1. The Morgan fingerprint density at radius 3 is 2.32 bits per heavy atom. The molecule has 0 aliphatic carbocycles. The Morgan fingerprint density at radius 1 is 0.903 bits per heavy atom. The van der Waals surface area contributed by atoms with Crippen LogP contribution in [-0.2, 0) is 24.8 Å². The lowest BCUT2D eigenvalue weighted by Gasteiger charge is -2.34. The van der Waals surface area contributed by atoms with Gasteiger partial charge in [0.1, 0.15) is 23.8 Å². The Bertz CT molecular complexity index is 2890. The molecule has 4 aromatic heterocycles. The fraction of sp³-hybridized carbons (Fsp3) is 0.333. The summed E-state index contributed by atoms with van der Waals surface area (Å²) in [5.41, 5.74) is 9.91. The Hall–Kier alpha value is -5.82. The predicted molar refractivity (Wildman–Crippen MR) is 244 cm³/mol. The van der Waals surface area contributed by atoms with E-state index in [1.165, 1.54) is 0 Å². The van der Waals surface area contributed by atoms with Crippen LogP contribution >= 0.6 is 23.2 Å². The maximum absolute atomic E-state index is 15.7. The van der Waals surface area contributed by atoms with Crippen LogP contribution < -0.4 is 14.4 Å². The maximum Gasteiger partial charge on any atom is 0.354 e. The minimum Gasteiger partial charge on any atom is -0.494 e. The number of hydrogen-bond donors (Lipinski definition) is 1. The topological polar surface area (TPSA) is 126 Å². The lowest BCUT2D eigenvalue weighted by molar-refractivity contribution is 0.0687. The highest BCUT2D eigenvalue weighted by Gasteiger charge is 2.40. The third-order valence-corrected chi connectivity index (χ3v) is 12.8. The number of amides is 1. The van der Waals surface area contributed by atoms with E-state index < -0.39 is 5.97 Å². The zero-order valence-electron chi connectivity index (χ0n) is 36.2. The number of pyridine rings is 1. The normalized spacial score (nSPS) is 14.0. The molecule has 1 amide bonds. The van der Waals surface area contributed by atoms with Crippen LogP contribution in [0, 0.1) is 34.6 Å². The largest absolute Gasteiger partial charge is 0.494 e. The van der Waals surface area contributed by atoms with Crippen molar-refractivity contribution in [2.45, 2.75) is 67.0 Å². The number of carbonyl (C=O) groups is 2. The van der Waals surface area contributed by atoms with Gasteiger partial charge < -0.3 is 33.4 Å². The van der Waals surface area contributed by atoms with Crippen LogP contribution in [0.1, 0.15) is 79.8 Å². The highest BCUT2D eigenvalue weighted by molar-refractivity contribution is 6.35. The summed E-state index contributed by atoms with van der Waals surface area (Å²) >= 11 is 13.6. The summed E-state index contributed by atoms with van der Waals surface area (Å²) in [4.78, 5) is 35.6. The van der Waals surface area contributed by atoms with Gasteiger partial charge >= 0.3 is 5.97 Å². The summed E-state index contributed by atoms with van der Waals surface area (Å²) in [6.45, 7) is 13.3. The molecule has 12 nitrogen and oxygen atoms in total. The Balaban J connectivity index is 1.31. The van der Waals surface area contributed by atoms with Gasteiger partial charge in [0.15, 0.2) is 5.69 Å². The number of aromatic nitrogens is 5. The van der Waals surface area contributed by atoms with Gasteiger partial charge in [0, 0.05) is 65.1 Å². The number of hydrogen-bond acceptors (Lipinski definition) is 7. The lowest BCUT2D eigenvalue weighted by Crippen LogP contribution is -2.43. The minimum absolute atomic E-state index is 0.0173. The van der Waals surface area contributed by atoms with Crippen LogP contribution in [0.4, 0.5) is 5.69 Å². The van der Waals surface area contributed by atoms with E-state index in [1.54, 1.807) is 16.6 Å². The number of aryl methyl sites for hydroxylation is 6. The van der Waals surface area contributed by atoms with Gasteiger partial charge in [0.05, 0.1) is 52.9 Å². The lowest BCUT2D eigenvalue weighted by atomic mass is 9.98. The van der Waals surface area contributed by atoms with E-state index in [1.807, 2.05) is 107 Å². The van der Waals surface area contributed by atoms with Crippen molar-refractivity contribution in [2.75, 3.05) is 38.4 Å². The Labute approximate surface area is 370 Å². The molecule has 1 N–H and O–H groups in total. The van der Waals surface area contributed by atoms with Crippen molar-refractivity contribution < 1.29 is 28.9 Å². The zero-order valence-corrected chi connectivity index (χ0v) is 37.7. The maximum atomic E-state index is 15.7. The van der Waals surface area contributed by atoms with Crippen molar-refractivity contribution >= 4 is 62.6 Å². The van der Waals surface area contributed by atoms with Gasteiger partial charge in [0.25, 0.3) is 5.91 Å². The zero-order chi connectivity index (χ0) is 44.1. The number of carbonyl (C=O) groups excluding carboxylic acids is 1. The highest BCUT2D eigenvalue weighted by atomic mass is 35.5. The number of ether oxygens (including phenoxy) is 3. The second-order valence-electron chi connectivity index (χ2n) is 16.2. The van der Waals surface area contributed by atoms with Gasteiger partial charge in [-0.05, 0) is 120 Å². The van der Waals surface area contributed by atoms with E-state index in [0.29, 0.717) is 76.4 Å². The second kappa shape index (κ2) is 17.2. The third kappa shape index (κ3) is 7.58. The van der Waals surface area contributed by atoms with Crippen LogP contribution in [0.25, 0.3) is 32.9 Å². The molecule has 62 heavy (non-hydrogen) atoms. The molecule has 1 aliphatic rings. The molecule has 0 fully saturated rings. The molecule has 3 aromatic carbocycles. The number of aromatic carboxylic acids is 1. The Kier molecular flexibility index (Phi) is 11.9. The number of rotatable bonds is 14. The molecule has 7 aromatic rings. The van der Waals surface area contributed by atoms with Crippen molar-refractivity contribution in [3.8, 4) is 22.6 Å². The number of fused-ring (bicyclic) bond motifs is 4. The van der Waals surface area contributed by atoms with E-state index in [4.69, 9.17) is 47.5 Å². The molecule has 0 spiro atoms. The number of anilines is 1. The molecule has 322 valence electrons. The number of benzene rings is 3. The summed E-state index contributed by atoms with van der Waals surface area (Å²) in [6, 6.07) is 18.6. The number of nitrogens with zero attached hydrogens (tertiary/aromatic N) is 6. The molecule has 8 rings (SSSR count). The highest BCUT2D eigenvalue weighted by Crippen LogP contribution is 2.47. The van der Waals surface area contributed by atoms with E-state index in [0.717, 1.165) is 61.6 Å². The molecule has 0 unspecified atom stereocenters. The second-order valence-corrected chi connectivity index (χ2v) is 16.9. The molecule has 0 saturated carbocycles. The van der Waals surface area contributed by atoms with Crippen LogP contribution in [0.5, 0.6) is 11.5 Å².